The quantitative estimate of drug-likeness (QED) is 0.667. The Morgan fingerprint density at radius 2 is 1.91 bits per heavy atom. The van der Waals surface area contributed by atoms with Crippen LogP contribution in [0.1, 0.15) is 5.56 Å². The lowest BCUT2D eigenvalue weighted by molar-refractivity contribution is 0.555. The van der Waals surface area contributed by atoms with Gasteiger partial charge in [0.25, 0.3) is 0 Å². The molecule has 0 saturated heterocycles. The highest BCUT2D eigenvalue weighted by atomic mass is 79.9. The van der Waals surface area contributed by atoms with Crippen LogP contribution in [0.2, 0.25) is 0 Å². The molecule has 0 unspecified atom stereocenters. The number of thiophene rings is 1. The first-order valence-corrected chi connectivity index (χ1v) is 8.54. The van der Waals surface area contributed by atoms with Gasteiger partial charge < -0.3 is 5.32 Å². The van der Waals surface area contributed by atoms with E-state index in [1.54, 1.807) is 11.3 Å². The molecule has 7 heteroatoms. The second-order valence-corrected chi connectivity index (χ2v) is 6.65. The lowest BCUT2D eigenvalue weighted by Crippen LogP contribution is -2.09. The predicted octanol–water partition coefficient (Wildman–Crippen LogP) is 4.90. The zero-order valence-corrected chi connectivity index (χ0v) is 14.3. The maximum absolute atomic E-state index is 13.8. The molecular formula is C16H12BrF2N3S. The number of hydrogen-bond donors (Lipinski definition) is 1. The van der Waals surface area contributed by atoms with Gasteiger partial charge in [0.1, 0.15) is 23.8 Å². The highest BCUT2D eigenvalue weighted by molar-refractivity contribution is 9.10. The number of rotatable bonds is 5. The van der Waals surface area contributed by atoms with Crippen LogP contribution in [0.15, 0.2) is 46.5 Å². The van der Waals surface area contributed by atoms with Crippen molar-refractivity contribution in [3.63, 3.8) is 0 Å². The zero-order chi connectivity index (χ0) is 16.2. The monoisotopic (exact) mass is 395 g/mol. The smallest absolute Gasteiger partial charge is 0.130 e. The number of hydrogen-bond acceptors (Lipinski definition) is 4. The summed E-state index contributed by atoms with van der Waals surface area (Å²) in [6, 6.07) is 8.27. The average Bonchev–Trinajstić information content (AvgIpc) is 3.04. The van der Waals surface area contributed by atoms with Gasteiger partial charge in [-0.3, -0.25) is 0 Å². The van der Waals surface area contributed by atoms with E-state index in [0.717, 1.165) is 10.6 Å². The Hall–Kier alpha value is -1.86. The summed E-state index contributed by atoms with van der Waals surface area (Å²) >= 11 is 4.66. The zero-order valence-electron chi connectivity index (χ0n) is 11.9. The third kappa shape index (κ3) is 3.92. The molecule has 0 radical (unpaired) electrons. The van der Waals surface area contributed by atoms with Crippen molar-refractivity contribution in [1.82, 2.24) is 9.97 Å². The first kappa shape index (κ1) is 16.0. The Kier molecular flexibility index (Phi) is 4.97. The van der Waals surface area contributed by atoms with E-state index in [1.807, 2.05) is 23.6 Å². The van der Waals surface area contributed by atoms with Gasteiger partial charge in [-0.05, 0) is 30.0 Å². The van der Waals surface area contributed by atoms with Crippen molar-refractivity contribution in [3.8, 4) is 10.6 Å². The van der Waals surface area contributed by atoms with Crippen LogP contribution in [0, 0.1) is 11.6 Å². The van der Waals surface area contributed by atoms with Gasteiger partial charge in [-0.15, -0.1) is 11.3 Å². The first-order valence-electron chi connectivity index (χ1n) is 6.86. The van der Waals surface area contributed by atoms with E-state index in [-0.39, 0.29) is 12.0 Å². The van der Waals surface area contributed by atoms with E-state index in [2.05, 4.69) is 31.2 Å². The molecule has 0 aliphatic heterocycles. The van der Waals surface area contributed by atoms with Gasteiger partial charge in [-0.25, -0.2) is 18.7 Å². The molecule has 0 saturated carbocycles. The highest BCUT2D eigenvalue weighted by Gasteiger charge is 2.10. The maximum Gasteiger partial charge on any atom is 0.130 e. The van der Waals surface area contributed by atoms with Crippen molar-refractivity contribution in [2.45, 2.75) is 6.42 Å². The molecule has 1 aromatic carbocycles. The summed E-state index contributed by atoms with van der Waals surface area (Å²) in [6.07, 6.45) is 1.70. The number of aromatic nitrogens is 2. The minimum atomic E-state index is -0.555. The topological polar surface area (TPSA) is 37.8 Å². The van der Waals surface area contributed by atoms with Gasteiger partial charge >= 0.3 is 0 Å². The van der Waals surface area contributed by atoms with Crippen molar-refractivity contribution in [1.29, 1.82) is 0 Å². The van der Waals surface area contributed by atoms with Crippen LogP contribution in [0.3, 0.4) is 0 Å². The summed E-state index contributed by atoms with van der Waals surface area (Å²) in [5.74, 6) is -0.484. The average molecular weight is 396 g/mol. The molecule has 0 amide bonds. The van der Waals surface area contributed by atoms with E-state index >= 15 is 0 Å². The minimum absolute atomic E-state index is 0.0632. The Bertz CT molecular complexity index is 786. The third-order valence-electron chi connectivity index (χ3n) is 3.23. The molecule has 2 heterocycles. The third-order valence-corrected chi connectivity index (χ3v) is 4.58. The summed E-state index contributed by atoms with van der Waals surface area (Å²) in [4.78, 5) is 9.39. The maximum atomic E-state index is 13.8. The van der Waals surface area contributed by atoms with Crippen molar-refractivity contribution in [2.24, 2.45) is 0 Å². The summed E-state index contributed by atoms with van der Waals surface area (Å²) in [5, 5.41) is 5.05. The van der Waals surface area contributed by atoms with Gasteiger partial charge in [0.2, 0.25) is 0 Å². The van der Waals surface area contributed by atoms with Crippen molar-refractivity contribution in [3.05, 3.63) is 63.7 Å². The van der Waals surface area contributed by atoms with Gasteiger partial charge in [-0.1, -0.05) is 22.0 Å². The summed E-state index contributed by atoms with van der Waals surface area (Å²) in [6.45, 7) is 0.371. The van der Waals surface area contributed by atoms with E-state index < -0.39 is 11.6 Å². The molecular weight excluding hydrogens is 384 g/mol. The fourth-order valence-corrected chi connectivity index (χ4v) is 3.23. The number of nitrogens with one attached hydrogen (secondary N) is 1. The molecule has 3 rings (SSSR count). The Balaban J connectivity index is 1.67. The van der Waals surface area contributed by atoms with Crippen molar-refractivity contribution >= 4 is 33.1 Å². The lowest BCUT2D eigenvalue weighted by atomic mass is 10.1. The number of halogens is 3. The number of benzene rings is 1. The molecule has 0 fully saturated rings. The number of anilines is 1. The molecule has 0 aliphatic rings. The van der Waals surface area contributed by atoms with E-state index in [0.29, 0.717) is 16.8 Å². The van der Waals surface area contributed by atoms with Crippen LogP contribution in [-0.4, -0.2) is 16.5 Å². The van der Waals surface area contributed by atoms with Gasteiger partial charge in [0, 0.05) is 22.6 Å². The summed E-state index contributed by atoms with van der Waals surface area (Å²) in [5.41, 5.74) is 0.881. The Morgan fingerprint density at radius 3 is 2.61 bits per heavy atom. The van der Waals surface area contributed by atoms with Crippen molar-refractivity contribution < 1.29 is 8.78 Å². The molecule has 0 atom stereocenters. The molecule has 0 aliphatic carbocycles. The summed E-state index contributed by atoms with van der Waals surface area (Å²) in [7, 11) is 0. The van der Waals surface area contributed by atoms with Crippen LogP contribution >= 0.6 is 27.3 Å². The first-order chi connectivity index (χ1) is 11.1. The molecule has 3 aromatic rings. The van der Waals surface area contributed by atoms with Gasteiger partial charge in [0.05, 0.1) is 10.6 Å². The molecule has 0 bridgehead atoms. The molecule has 0 spiro atoms. The van der Waals surface area contributed by atoms with Gasteiger partial charge in [0.15, 0.2) is 0 Å². The summed E-state index contributed by atoms with van der Waals surface area (Å²) < 4.78 is 27.9. The predicted molar refractivity (Wildman–Crippen MR) is 91.6 cm³/mol. The second-order valence-electron chi connectivity index (χ2n) is 4.79. The number of nitrogens with zero attached hydrogens (tertiary/aromatic N) is 2. The lowest BCUT2D eigenvalue weighted by Gasteiger charge is -2.08. The molecule has 3 nitrogen and oxygen atoms in total. The largest absolute Gasteiger partial charge is 0.370 e. The van der Waals surface area contributed by atoms with Crippen LogP contribution in [0.4, 0.5) is 14.6 Å². The van der Waals surface area contributed by atoms with Crippen LogP contribution in [0.25, 0.3) is 10.6 Å². The Labute approximate surface area is 144 Å². The molecule has 23 heavy (non-hydrogen) atoms. The van der Waals surface area contributed by atoms with Crippen molar-refractivity contribution in [2.75, 3.05) is 11.9 Å². The molecule has 118 valence electrons. The standard InChI is InChI=1S/C16H12BrF2N3S/c17-10-6-12(18)11(13(19)7-10)3-4-20-16-8-14(21-9-22-16)15-2-1-5-23-15/h1-2,5-9H,3-4H2,(H,20,21,22). The fourth-order valence-electron chi connectivity index (χ4n) is 2.14. The minimum Gasteiger partial charge on any atom is -0.370 e. The van der Waals surface area contributed by atoms with Crippen LogP contribution in [0.5, 0.6) is 0 Å². The van der Waals surface area contributed by atoms with E-state index in [9.17, 15) is 8.78 Å². The SMILES string of the molecule is Fc1cc(Br)cc(F)c1CCNc1cc(-c2cccs2)ncn1. The Morgan fingerprint density at radius 1 is 1.13 bits per heavy atom. The van der Waals surface area contributed by atoms with Gasteiger partial charge in [-0.2, -0.15) is 0 Å². The van der Waals surface area contributed by atoms with E-state index in [4.69, 9.17) is 0 Å². The highest BCUT2D eigenvalue weighted by Crippen LogP contribution is 2.24. The van der Waals surface area contributed by atoms with Crippen LogP contribution < -0.4 is 5.32 Å². The van der Waals surface area contributed by atoms with Crippen LogP contribution in [-0.2, 0) is 6.42 Å². The molecule has 2 aromatic heterocycles. The van der Waals surface area contributed by atoms with E-state index in [1.165, 1.54) is 18.5 Å². The second kappa shape index (κ2) is 7.14. The molecule has 1 N–H and O–H groups in total. The fraction of sp³-hybridized carbons (Fsp3) is 0.125. The normalized spacial score (nSPS) is 10.7.